The highest BCUT2D eigenvalue weighted by Crippen LogP contribution is 2.10. The monoisotopic (exact) mass is 215 g/mol. The summed E-state index contributed by atoms with van der Waals surface area (Å²) in [6.45, 7) is 0. The standard InChI is InChI=1S/C11H9N3O2/c15-11(16)14-12-7-9-6-5-8-3-1-2-4-10(8)13-9/h1-7,14H,(H,15,16)/b12-7-. The van der Waals surface area contributed by atoms with E-state index in [2.05, 4.69) is 10.1 Å². The molecule has 0 spiro atoms. The maximum Gasteiger partial charge on any atom is 0.425 e. The molecule has 1 aromatic heterocycles. The van der Waals surface area contributed by atoms with Crippen molar-refractivity contribution >= 4 is 23.2 Å². The van der Waals surface area contributed by atoms with Gasteiger partial charge in [0.25, 0.3) is 0 Å². The molecule has 16 heavy (non-hydrogen) atoms. The molecule has 0 unspecified atom stereocenters. The predicted octanol–water partition coefficient (Wildman–Crippen LogP) is 1.84. The third-order valence-electron chi connectivity index (χ3n) is 1.98. The number of carboxylic acid groups (broad SMARTS) is 1. The van der Waals surface area contributed by atoms with Crippen molar-refractivity contribution in [3.63, 3.8) is 0 Å². The summed E-state index contributed by atoms with van der Waals surface area (Å²) >= 11 is 0. The van der Waals surface area contributed by atoms with Gasteiger partial charge in [-0.05, 0) is 12.1 Å². The SMILES string of the molecule is O=C(O)N/N=C\c1ccc2ccccc2n1. The van der Waals surface area contributed by atoms with E-state index in [0.29, 0.717) is 5.69 Å². The van der Waals surface area contributed by atoms with Gasteiger partial charge in [0.15, 0.2) is 0 Å². The van der Waals surface area contributed by atoms with Crippen molar-refractivity contribution in [3.05, 3.63) is 42.1 Å². The second kappa shape index (κ2) is 4.39. The molecular weight excluding hydrogens is 206 g/mol. The van der Waals surface area contributed by atoms with Crippen molar-refractivity contribution < 1.29 is 9.90 Å². The number of hydrogen-bond donors (Lipinski definition) is 2. The van der Waals surface area contributed by atoms with Crippen LogP contribution in [-0.2, 0) is 0 Å². The molecule has 5 heteroatoms. The number of hydrogen-bond acceptors (Lipinski definition) is 3. The van der Waals surface area contributed by atoms with Crippen molar-refractivity contribution in [2.24, 2.45) is 5.10 Å². The third kappa shape index (κ3) is 2.33. The summed E-state index contributed by atoms with van der Waals surface area (Å²) in [7, 11) is 0. The number of nitrogens with zero attached hydrogens (tertiary/aromatic N) is 2. The van der Waals surface area contributed by atoms with Crippen molar-refractivity contribution in [2.75, 3.05) is 0 Å². The van der Waals surface area contributed by atoms with E-state index >= 15 is 0 Å². The van der Waals surface area contributed by atoms with Gasteiger partial charge in [0.2, 0.25) is 0 Å². The number of hydrazone groups is 1. The molecule has 0 aliphatic heterocycles. The number of benzene rings is 1. The highest BCUT2D eigenvalue weighted by molar-refractivity contribution is 5.85. The molecule has 0 atom stereocenters. The van der Waals surface area contributed by atoms with Gasteiger partial charge in [-0.15, -0.1) is 0 Å². The Balaban J connectivity index is 2.26. The van der Waals surface area contributed by atoms with Crippen LogP contribution in [0, 0.1) is 0 Å². The minimum Gasteiger partial charge on any atom is -0.464 e. The number of amides is 1. The lowest BCUT2D eigenvalue weighted by Gasteiger charge is -1.97. The summed E-state index contributed by atoms with van der Waals surface area (Å²) in [6, 6.07) is 11.4. The normalized spacial score (nSPS) is 10.8. The Morgan fingerprint density at radius 3 is 2.94 bits per heavy atom. The van der Waals surface area contributed by atoms with E-state index in [4.69, 9.17) is 5.11 Å². The number of carbonyl (C=O) groups is 1. The van der Waals surface area contributed by atoms with E-state index in [9.17, 15) is 4.79 Å². The van der Waals surface area contributed by atoms with Gasteiger partial charge in [0.05, 0.1) is 17.4 Å². The van der Waals surface area contributed by atoms with Crippen LogP contribution < -0.4 is 5.43 Å². The third-order valence-corrected chi connectivity index (χ3v) is 1.98. The van der Waals surface area contributed by atoms with Gasteiger partial charge in [-0.2, -0.15) is 5.10 Å². The Morgan fingerprint density at radius 2 is 2.12 bits per heavy atom. The second-order valence-electron chi connectivity index (χ2n) is 3.10. The number of aromatic nitrogens is 1. The van der Waals surface area contributed by atoms with E-state index in [0.717, 1.165) is 10.9 Å². The van der Waals surface area contributed by atoms with Crippen LogP contribution in [0.1, 0.15) is 5.69 Å². The van der Waals surface area contributed by atoms with Crippen LogP contribution in [0.15, 0.2) is 41.5 Å². The molecule has 0 radical (unpaired) electrons. The summed E-state index contributed by atoms with van der Waals surface area (Å²) in [5.74, 6) is 0. The summed E-state index contributed by atoms with van der Waals surface area (Å²) in [5, 5.41) is 12.9. The molecule has 0 fully saturated rings. The number of rotatable bonds is 2. The molecule has 2 rings (SSSR count). The zero-order valence-electron chi connectivity index (χ0n) is 8.29. The average Bonchev–Trinajstić information content (AvgIpc) is 2.28. The Labute approximate surface area is 91.4 Å². The summed E-state index contributed by atoms with van der Waals surface area (Å²) in [5.41, 5.74) is 3.34. The number of para-hydroxylation sites is 1. The lowest BCUT2D eigenvalue weighted by molar-refractivity contribution is 0.195. The Hall–Kier alpha value is -2.43. The van der Waals surface area contributed by atoms with Gasteiger partial charge in [-0.1, -0.05) is 24.3 Å². The molecule has 2 aromatic rings. The minimum atomic E-state index is -1.20. The fourth-order valence-electron chi connectivity index (χ4n) is 1.31. The van der Waals surface area contributed by atoms with Gasteiger partial charge in [-0.25, -0.2) is 15.2 Å². The highest BCUT2D eigenvalue weighted by atomic mass is 16.4. The molecule has 0 aliphatic carbocycles. The molecule has 0 bridgehead atoms. The lowest BCUT2D eigenvalue weighted by atomic mass is 10.2. The molecule has 80 valence electrons. The van der Waals surface area contributed by atoms with Crippen molar-refractivity contribution in [3.8, 4) is 0 Å². The molecule has 5 nitrogen and oxygen atoms in total. The zero-order chi connectivity index (χ0) is 11.4. The van der Waals surface area contributed by atoms with Crippen molar-refractivity contribution in [1.29, 1.82) is 0 Å². The van der Waals surface area contributed by atoms with Gasteiger partial charge in [0.1, 0.15) is 0 Å². The molecular formula is C11H9N3O2. The van der Waals surface area contributed by atoms with Gasteiger partial charge in [0, 0.05) is 5.39 Å². The van der Waals surface area contributed by atoms with Gasteiger partial charge in [-0.3, -0.25) is 0 Å². The average molecular weight is 215 g/mol. The van der Waals surface area contributed by atoms with Crippen LogP contribution in [0.4, 0.5) is 4.79 Å². The topological polar surface area (TPSA) is 74.6 Å². The molecule has 1 heterocycles. The summed E-state index contributed by atoms with van der Waals surface area (Å²) < 4.78 is 0. The maximum atomic E-state index is 10.2. The fourth-order valence-corrected chi connectivity index (χ4v) is 1.31. The fraction of sp³-hybridized carbons (Fsp3) is 0. The zero-order valence-corrected chi connectivity index (χ0v) is 8.29. The summed E-state index contributed by atoms with van der Waals surface area (Å²) in [4.78, 5) is 14.4. The molecule has 0 saturated carbocycles. The predicted molar refractivity (Wildman–Crippen MR) is 60.5 cm³/mol. The Kier molecular flexibility index (Phi) is 2.77. The smallest absolute Gasteiger partial charge is 0.425 e. The van der Waals surface area contributed by atoms with E-state index < -0.39 is 6.09 Å². The van der Waals surface area contributed by atoms with Gasteiger partial charge >= 0.3 is 6.09 Å². The molecule has 0 aliphatic rings. The van der Waals surface area contributed by atoms with Crippen molar-refractivity contribution in [2.45, 2.75) is 0 Å². The number of pyridine rings is 1. The largest absolute Gasteiger partial charge is 0.464 e. The van der Waals surface area contributed by atoms with Gasteiger partial charge < -0.3 is 5.11 Å². The first-order chi connectivity index (χ1) is 7.75. The van der Waals surface area contributed by atoms with Crippen LogP contribution in [-0.4, -0.2) is 22.4 Å². The van der Waals surface area contributed by atoms with Crippen molar-refractivity contribution in [1.82, 2.24) is 10.4 Å². The Bertz CT molecular complexity index is 552. The molecule has 1 aromatic carbocycles. The first kappa shape index (κ1) is 10.1. The van der Waals surface area contributed by atoms with E-state index in [1.54, 1.807) is 6.07 Å². The Morgan fingerprint density at radius 1 is 1.31 bits per heavy atom. The number of nitrogens with one attached hydrogen (secondary N) is 1. The highest BCUT2D eigenvalue weighted by Gasteiger charge is 1.95. The van der Waals surface area contributed by atoms with Crippen LogP contribution in [0.3, 0.4) is 0 Å². The van der Waals surface area contributed by atoms with E-state index in [-0.39, 0.29) is 0 Å². The van der Waals surface area contributed by atoms with E-state index in [1.807, 2.05) is 35.8 Å². The van der Waals surface area contributed by atoms with Crippen LogP contribution in [0.2, 0.25) is 0 Å². The maximum absolute atomic E-state index is 10.2. The quantitative estimate of drug-likeness (QED) is 0.592. The van der Waals surface area contributed by atoms with E-state index in [1.165, 1.54) is 6.21 Å². The van der Waals surface area contributed by atoms with Crippen LogP contribution >= 0.6 is 0 Å². The summed E-state index contributed by atoms with van der Waals surface area (Å²) in [6.07, 6.45) is 0.164. The van der Waals surface area contributed by atoms with Crippen LogP contribution in [0.25, 0.3) is 10.9 Å². The first-order valence-corrected chi connectivity index (χ1v) is 4.63. The number of fused-ring (bicyclic) bond motifs is 1. The molecule has 2 N–H and O–H groups in total. The first-order valence-electron chi connectivity index (χ1n) is 4.63. The van der Waals surface area contributed by atoms with Crippen LogP contribution in [0.5, 0.6) is 0 Å². The lowest BCUT2D eigenvalue weighted by Crippen LogP contribution is -2.13. The minimum absolute atomic E-state index is 0.604. The molecule has 0 saturated heterocycles. The second-order valence-corrected chi connectivity index (χ2v) is 3.10. The molecule has 1 amide bonds.